The highest BCUT2D eigenvalue weighted by Gasteiger charge is 2.23. The summed E-state index contributed by atoms with van der Waals surface area (Å²) in [5, 5.41) is 0. The Morgan fingerprint density at radius 2 is 1.13 bits per heavy atom. The molecule has 2 unspecified atom stereocenters. The summed E-state index contributed by atoms with van der Waals surface area (Å²) in [5.41, 5.74) is 0. The second-order valence-corrected chi connectivity index (χ2v) is 11.5. The fourth-order valence-corrected chi connectivity index (χ4v) is 5.88. The van der Waals surface area contributed by atoms with Crippen molar-refractivity contribution >= 4 is 44.2 Å². The third kappa shape index (κ3) is 7.18. The molecule has 0 radical (unpaired) electrons. The minimum atomic E-state index is -5.41. The van der Waals surface area contributed by atoms with Gasteiger partial charge in [-0.05, 0) is 12.5 Å². The van der Waals surface area contributed by atoms with Gasteiger partial charge in [0.2, 0.25) is 0 Å². The van der Waals surface area contributed by atoms with Gasteiger partial charge in [0.1, 0.15) is 0 Å². The minimum absolute atomic E-state index is 0.115. The van der Waals surface area contributed by atoms with Gasteiger partial charge in [0, 0.05) is 0 Å². The number of hydrogen-bond acceptors (Lipinski definition) is 10. The lowest BCUT2D eigenvalue weighted by Crippen LogP contribution is -2.11. The van der Waals surface area contributed by atoms with Crippen LogP contribution in [0.2, 0.25) is 0 Å². The van der Waals surface area contributed by atoms with Gasteiger partial charge in [0.25, 0.3) is 7.82 Å². The van der Waals surface area contributed by atoms with E-state index >= 15 is 0 Å². The molecule has 0 aromatic rings. The summed E-state index contributed by atoms with van der Waals surface area (Å²) in [6.45, 7) is -9.39. The lowest BCUT2D eigenvalue weighted by Gasteiger charge is -2.33. The molecular formula is C2H6O8P3S2-3. The summed E-state index contributed by atoms with van der Waals surface area (Å²) in [4.78, 5) is 32.2. The molecule has 0 bridgehead atoms. The normalized spacial score (nSPS) is 23.8. The Hall–Kier alpha value is 1.19. The molecule has 15 heavy (non-hydrogen) atoms. The zero-order valence-electron chi connectivity index (χ0n) is 7.42. The van der Waals surface area contributed by atoms with Gasteiger partial charge in [-0.3, -0.25) is 22.3 Å². The Balaban J connectivity index is 4.66. The molecule has 92 valence electrons. The highest BCUT2D eigenvalue weighted by molar-refractivity contribution is 8.55. The SMILES string of the molecule is CSP(=O)([O-])OP(=O)([O-])OP(=O)([O-])SC. The average molecular weight is 315 g/mol. The van der Waals surface area contributed by atoms with E-state index in [-0.39, 0.29) is 22.8 Å². The first kappa shape index (κ1) is 16.2. The van der Waals surface area contributed by atoms with E-state index < -0.39 is 21.4 Å². The largest absolute Gasteiger partial charge is 0.770 e. The first-order valence-corrected chi connectivity index (χ1v) is 11.2. The van der Waals surface area contributed by atoms with Crippen molar-refractivity contribution < 1.29 is 37.0 Å². The summed E-state index contributed by atoms with van der Waals surface area (Å²) < 4.78 is 39.3. The first-order valence-electron chi connectivity index (χ1n) is 3.01. The molecule has 8 nitrogen and oxygen atoms in total. The van der Waals surface area contributed by atoms with Crippen LogP contribution < -0.4 is 14.7 Å². The molecule has 0 heterocycles. The highest BCUT2D eigenvalue weighted by atomic mass is 32.7. The molecule has 0 rings (SSSR count). The Morgan fingerprint density at radius 3 is 1.33 bits per heavy atom. The van der Waals surface area contributed by atoms with Gasteiger partial charge < -0.3 is 14.7 Å². The molecule has 0 fully saturated rings. The van der Waals surface area contributed by atoms with E-state index in [2.05, 4.69) is 8.62 Å². The summed E-state index contributed by atoms with van der Waals surface area (Å²) in [7, 11) is -5.41. The molecule has 0 aliphatic rings. The molecule has 0 aromatic carbocycles. The zero-order valence-corrected chi connectivity index (χ0v) is 11.7. The van der Waals surface area contributed by atoms with Crippen LogP contribution in [0.3, 0.4) is 0 Å². The molecule has 13 heteroatoms. The van der Waals surface area contributed by atoms with Gasteiger partial charge in [0.05, 0.1) is 0 Å². The molecular weight excluding hydrogens is 309 g/mol. The molecule has 0 amide bonds. The van der Waals surface area contributed by atoms with Crippen LogP contribution in [0.4, 0.5) is 0 Å². The van der Waals surface area contributed by atoms with Crippen molar-refractivity contribution in [3.05, 3.63) is 0 Å². The maximum absolute atomic E-state index is 10.8. The number of hydrogen-bond donors (Lipinski definition) is 0. The van der Waals surface area contributed by atoms with Crippen LogP contribution in [-0.2, 0) is 22.3 Å². The Morgan fingerprint density at radius 1 is 0.867 bits per heavy atom. The standard InChI is InChI=1S/C2H9O8P3S2/c1-14-12(5,6)9-11(3,4)10-13(7,8)15-2/h1-2H3,(H,3,4)(H,5,6)(H,7,8)/p-3. The van der Waals surface area contributed by atoms with E-state index in [1.54, 1.807) is 0 Å². The predicted octanol–water partition coefficient (Wildman–Crippen LogP) is 0.151. The van der Waals surface area contributed by atoms with Crippen LogP contribution in [-0.4, -0.2) is 12.5 Å². The van der Waals surface area contributed by atoms with Gasteiger partial charge in [-0.1, -0.05) is 22.8 Å². The Bertz CT molecular complexity index is 324. The fourth-order valence-electron chi connectivity index (χ4n) is 0.327. The second-order valence-electron chi connectivity index (χ2n) is 1.87. The van der Waals surface area contributed by atoms with Crippen molar-refractivity contribution in [3.63, 3.8) is 0 Å². The van der Waals surface area contributed by atoms with Crippen LogP contribution in [0.1, 0.15) is 0 Å². The van der Waals surface area contributed by atoms with Crippen LogP contribution >= 0.6 is 44.2 Å². The topological polar surface area (TPSA) is 139 Å². The van der Waals surface area contributed by atoms with E-state index in [9.17, 15) is 28.4 Å². The smallest absolute Gasteiger partial charge is 0.278 e. The summed E-state index contributed by atoms with van der Waals surface area (Å²) in [5.74, 6) is 0. The molecule has 0 aliphatic heterocycles. The van der Waals surface area contributed by atoms with Gasteiger partial charge in [-0.2, -0.15) is 0 Å². The number of phosphoric acid groups is 1. The molecule has 0 saturated carbocycles. The Kier molecular flexibility index (Phi) is 6.14. The van der Waals surface area contributed by atoms with E-state index in [0.29, 0.717) is 0 Å². The van der Waals surface area contributed by atoms with Crippen molar-refractivity contribution in [2.24, 2.45) is 0 Å². The molecule has 0 aromatic heterocycles. The lowest BCUT2D eigenvalue weighted by atomic mass is 12.0. The third-order valence-electron chi connectivity index (χ3n) is 0.847. The monoisotopic (exact) mass is 315 g/mol. The van der Waals surface area contributed by atoms with Crippen molar-refractivity contribution in [2.45, 2.75) is 0 Å². The Labute approximate surface area is 93.9 Å². The molecule has 2 atom stereocenters. The van der Waals surface area contributed by atoms with Crippen molar-refractivity contribution in [3.8, 4) is 0 Å². The highest BCUT2D eigenvalue weighted by Crippen LogP contribution is 2.68. The van der Waals surface area contributed by atoms with E-state index in [0.717, 1.165) is 12.5 Å². The molecule has 0 N–H and O–H groups in total. The first-order chi connectivity index (χ1) is 6.54. The van der Waals surface area contributed by atoms with Crippen molar-refractivity contribution in [1.29, 1.82) is 0 Å². The van der Waals surface area contributed by atoms with Gasteiger partial charge in [-0.15, -0.1) is 0 Å². The predicted molar refractivity (Wildman–Crippen MR) is 52.0 cm³/mol. The van der Waals surface area contributed by atoms with Crippen LogP contribution in [0.5, 0.6) is 0 Å². The average Bonchev–Trinajstić information content (AvgIpc) is 2.00. The quantitative estimate of drug-likeness (QED) is 0.622. The summed E-state index contributed by atoms with van der Waals surface area (Å²) >= 11 is 0.229. The molecule has 0 aliphatic carbocycles. The number of rotatable bonds is 6. The van der Waals surface area contributed by atoms with E-state index in [1.807, 2.05) is 0 Å². The maximum Gasteiger partial charge on any atom is 0.278 e. The maximum atomic E-state index is 10.8. The van der Waals surface area contributed by atoms with Crippen LogP contribution in [0.25, 0.3) is 0 Å². The molecule has 0 spiro atoms. The van der Waals surface area contributed by atoms with Gasteiger partial charge in [-0.25, -0.2) is 0 Å². The molecule has 0 saturated heterocycles. The summed E-state index contributed by atoms with van der Waals surface area (Å²) in [6.07, 6.45) is 2.11. The van der Waals surface area contributed by atoms with Crippen LogP contribution in [0, 0.1) is 0 Å². The van der Waals surface area contributed by atoms with Crippen molar-refractivity contribution in [1.82, 2.24) is 0 Å². The van der Waals surface area contributed by atoms with Crippen LogP contribution in [0.15, 0.2) is 0 Å². The van der Waals surface area contributed by atoms with Gasteiger partial charge >= 0.3 is 0 Å². The second kappa shape index (κ2) is 5.69. The van der Waals surface area contributed by atoms with Crippen molar-refractivity contribution in [2.75, 3.05) is 12.5 Å². The minimum Gasteiger partial charge on any atom is -0.770 e. The lowest BCUT2D eigenvalue weighted by molar-refractivity contribution is -0.230. The fraction of sp³-hybridized carbons (Fsp3) is 1.00. The zero-order chi connectivity index (χ0) is 12.3. The third-order valence-corrected chi connectivity index (χ3v) is 8.82. The van der Waals surface area contributed by atoms with E-state index in [4.69, 9.17) is 0 Å². The summed E-state index contributed by atoms with van der Waals surface area (Å²) in [6, 6.07) is 0. The van der Waals surface area contributed by atoms with Gasteiger partial charge in [0.15, 0.2) is 13.6 Å². The van der Waals surface area contributed by atoms with E-state index in [1.165, 1.54) is 0 Å².